The molecule has 22 heavy (non-hydrogen) atoms. The van der Waals surface area contributed by atoms with Crippen LogP contribution in [0.2, 0.25) is 0 Å². The zero-order valence-electron chi connectivity index (χ0n) is 12.5. The van der Waals surface area contributed by atoms with E-state index in [1.807, 2.05) is 4.90 Å². The zero-order valence-corrected chi connectivity index (χ0v) is 13.3. The summed E-state index contributed by atoms with van der Waals surface area (Å²) in [6.45, 7) is 1.27. The van der Waals surface area contributed by atoms with Gasteiger partial charge in [0, 0.05) is 26.3 Å². The minimum absolute atomic E-state index is 0.114. The summed E-state index contributed by atoms with van der Waals surface area (Å²) in [5.74, 6) is 0. The molecule has 9 heteroatoms. The van der Waals surface area contributed by atoms with E-state index < -0.39 is 14.9 Å². The Labute approximate surface area is 129 Å². The molecule has 1 aromatic carbocycles. The van der Waals surface area contributed by atoms with Crippen molar-refractivity contribution >= 4 is 21.4 Å². The Morgan fingerprint density at radius 3 is 2.50 bits per heavy atom. The average molecular weight is 329 g/mol. The van der Waals surface area contributed by atoms with E-state index in [9.17, 15) is 18.5 Å². The summed E-state index contributed by atoms with van der Waals surface area (Å²) >= 11 is 0. The standard InChI is InChI=1S/C13H19N3O5S/c1-14-22(19,20)11-3-4-12(13(9-11)16(17)18)15-7-5-10(21-2)6-8-15/h3-4,9-10,14H,5-8H2,1-2H3. The van der Waals surface area contributed by atoms with Crippen molar-refractivity contribution in [1.82, 2.24) is 4.72 Å². The van der Waals surface area contributed by atoms with Crippen LogP contribution in [0.25, 0.3) is 0 Å². The number of anilines is 1. The smallest absolute Gasteiger partial charge is 0.293 e. The second-order valence-corrected chi connectivity index (χ2v) is 6.92. The molecule has 1 saturated heterocycles. The van der Waals surface area contributed by atoms with E-state index in [0.29, 0.717) is 18.8 Å². The number of ether oxygens (including phenoxy) is 1. The number of nitro groups is 1. The van der Waals surface area contributed by atoms with Crippen LogP contribution in [0.1, 0.15) is 12.8 Å². The van der Waals surface area contributed by atoms with E-state index in [1.165, 1.54) is 19.2 Å². The van der Waals surface area contributed by atoms with Crippen molar-refractivity contribution in [3.8, 4) is 0 Å². The molecule has 1 aliphatic heterocycles. The van der Waals surface area contributed by atoms with Gasteiger partial charge in [-0.3, -0.25) is 10.1 Å². The van der Waals surface area contributed by atoms with Crippen LogP contribution in [0.5, 0.6) is 0 Å². The number of nitro benzene ring substituents is 1. The molecule has 0 amide bonds. The third-order valence-corrected chi connectivity index (χ3v) is 5.25. The molecule has 0 radical (unpaired) electrons. The van der Waals surface area contributed by atoms with Crippen LogP contribution in [0.3, 0.4) is 0 Å². The Hall–Kier alpha value is -1.71. The predicted octanol–water partition coefficient (Wildman–Crippen LogP) is 1.12. The third-order valence-electron chi connectivity index (χ3n) is 3.84. The summed E-state index contributed by atoms with van der Waals surface area (Å²) in [6, 6.07) is 3.98. The highest BCUT2D eigenvalue weighted by molar-refractivity contribution is 7.89. The quantitative estimate of drug-likeness (QED) is 0.641. The Bertz CT molecular complexity index is 654. The molecule has 8 nitrogen and oxygen atoms in total. The van der Waals surface area contributed by atoms with Gasteiger partial charge in [-0.25, -0.2) is 13.1 Å². The minimum Gasteiger partial charge on any atom is -0.381 e. The summed E-state index contributed by atoms with van der Waals surface area (Å²) < 4.78 is 31.0. The van der Waals surface area contributed by atoms with Gasteiger partial charge < -0.3 is 9.64 Å². The van der Waals surface area contributed by atoms with Gasteiger partial charge in [0.25, 0.3) is 5.69 Å². The largest absolute Gasteiger partial charge is 0.381 e. The summed E-state index contributed by atoms with van der Waals surface area (Å²) in [6.07, 6.45) is 1.73. The molecule has 0 aliphatic carbocycles. The first-order valence-corrected chi connectivity index (χ1v) is 8.37. The summed E-state index contributed by atoms with van der Waals surface area (Å²) in [5.41, 5.74) is 0.238. The molecule has 1 aliphatic rings. The van der Waals surface area contributed by atoms with Crippen LogP contribution in [0.4, 0.5) is 11.4 Å². The first-order valence-electron chi connectivity index (χ1n) is 6.88. The maximum absolute atomic E-state index is 11.8. The molecule has 0 spiro atoms. The first-order chi connectivity index (χ1) is 10.4. The Kier molecular flexibility index (Phi) is 4.99. The van der Waals surface area contributed by atoms with E-state index in [1.54, 1.807) is 7.11 Å². The lowest BCUT2D eigenvalue weighted by Crippen LogP contribution is -2.37. The normalized spacial score (nSPS) is 16.7. The van der Waals surface area contributed by atoms with Crippen LogP contribution in [-0.2, 0) is 14.8 Å². The maximum Gasteiger partial charge on any atom is 0.293 e. The number of sulfonamides is 1. The summed E-state index contributed by atoms with van der Waals surface area (Å²) in [4.78, 5) is 12.5. The van der Waals surface area contributed by atoms with Gasteiger partial charge in [0.15, 0.2) is 0 Å². The van der Waals surface area contributed by atoms with Crippen molar-refractivity contribution in [2.75, 3.05) is 32.1 Å². The van der Waals surface area contributed by atoms with Gasteiger partial charge >= 0.3 is 0 Å². The fraction of sp³-hybridized carbons (Fsp3) is 0.538. The van der Waals surface area contributed by atoms with Gasteiger partial charge in [-0.15, -0.1) is 0 Å². The molecular weight excluding hydrogens is 310 g/mol. The van der Waals surface area contributed by atoms with Gasteiger partial charge in [0.05, 0.1) is 15.9 Å². The number of nitrogens with zero attached hydrogens (tertiary/aromatic N) is 2. The molecule has 2 rings (SSSR count). The number of nitrogens with one attached hydrogen (secondary N) is 1. The molecule has 1 heterocycles. The molecule has 0 saturated carbocycles. The van der Waals surface area contributed by atoms with Crippen molar-refractivity contribution in [1.29, 1.82) is 0 Å². The second kappa shape index (κ2) is 6.59. The van der Waals surface area contributed by atoms with E-state index in [0.717, 1.165) is 18.9 Å². The Balaban J connectivity index is 2.35. The highest BCUT2D eigenvalue weighted by Crippen LogP contribution is 2.32. The SMILES string of the molecule is CNS(=O)(=O)c1ccc(N2CCC(OC)CC2)c([N+](=O)[O-])c1. The first kappa shape index (κ1) is 16.7. The topological polar surface area (TPSA) is 102 Å². The number of piperidine rings is 1. The highest BCUT2D eigenvalue weighted by Gasteiger charge is 2.26. The van der Waals surface area contributed by atoms with E-state index in [-0.39, 0.29) is 16.7 Å². The fourth-order valence-electron chi connectivity index (χ4n) is 2.53. The number of hydrogen-bond acceptors (Lipinski definition) is 6. The molecule has 0 atom stereocenters. The van der Waals surface area contributed by atoms with Gasteiger partial charge in [-0.2, -0.15) is 0 Å². The van der Waals surface area contributed by atoms with Crippen LogP contribution >= 0.6 is 0 Å². The van der Waals surface area contributed by atoms with Crippen molar-refractivity contribution in [2.45, 2.75) is 23.8 Å². The van der Waals surface area contributed by atoms with E-state index in [2.05, 4.69) is 4.72 Å². The van der Waals surface area contributed by atoms with Crippen molar-refractivity contribution in [3.05, 3.63) is 28.3 Å². The molecule has 1 N–H and O–H groups in total. The van der Waals surface area contributed by atoms with E-state index in [4.69, 9.17) is 4.74 Å². The van der Waals surface area contributed by atoms with Crippen molar-refractivity contribution in [3.63, 3.8) is 0 Å². The van der Waals surface area contributed by atoms with Gasteiger partial charge in [-0.05, 0) is 32.0 Å². The zero-order chi connectivity index (χ0) is 16.3. The van der Waals surface area contributed by atoms with Gasteiger partial charge in [-0.1, -0.05) is 0 Å². The van der Waals surface area contributed by atoms with Gasteiger partial charge in [0.1, 0.15) is 5.69 Å². The summed E-state index contributed by atoms with van der Waals surface area (Å²) in [5, 5.41) is 11.3. The predicted molar refractivity (Wildman–Crippen MR) is 81.6 cm³/mol. The van der Waals surface area contributed by atoms with Crippen LogP contribution < -0.4 is 9.62 Å². The number of rotatable bonds is 5. The second-order valence-electron chi connectivity index (χ2n) is 5.04. The average Bonchev–Trinajstić information content (AvgIpc) is 2.54. The fourth-order valence-corrected chi connectivity index (χ4v) is 3.28. The molecule has 122 valence electrons. The maximum atomic E-state index is 11.8. The van der Waals surface area contributed by atoms with E-state index >= 15 is 0 Å². The number of methoxy groups -OCH3 is 1. The van der Waals surface area contributed by atoms with Crippen LogP contribution in [0, 0.1) is 10.1 Å². The Morgan fingerprint density at radius 1 is 1.36 bits per heavy atom. The summed E-state index contributed by atoms with van der Waals surface area (Å²) in [7, 11) is -0.786. The van der Waals surface area contributed by atoms with Crippen molar-refractivity contribution < 1.29 is 18.1 Å². The molecule has 0 aromatic heterocycles. The Morgan fingerprint density at radius 2 is 2.00 bits per heavy atom. The lowest BCUT2D eigenvalue weighted by atomic mass is 10.1. The molecule has 1 aromatic rings. The molecule has 1 fully saturated rings. The van der Waals surface area contributed by atoms with Crippen molar-refractivity contribution in [2.24, 2.45) is 0 Å². The van der Waals surface area contributed by atoms with Gasteiger partial charge in [0.2, 0.25) is 10.0 Å². The number of hydrogen-bond donors (Lipinski definition) is 1. The minimum atomic E-state index is -3.71. The lowest BCUT2D eigenvalue weighted by molar-refractivity contribution is -0.384. The molecule has 0 bridgehead atoms. The number of benzene rings is 1. The van der Waals surface area contributed by atoms with Crippen LogP contribution in [0.15, 0.2) is 23.1 Å². The highest BCUT2D eigenvalue weighted by atomic mass is 32.2. The monoisotopic (exact) mass is 329 g/mol. The van der Waals surface area contributed by atoms with Crippen LogP contribution in [-0.4, -0.2) is 46.7 Å². The molecule has 0 unspecified atom stereocenters. The molecular formula is C13H19N3O5S. The lowest BCUT2D eigenvalue weighted by Gasteiger charge is -2.32. The third kappa shape index (κ3) is 3.37.